The highest BCUT2D eigenvalue weighted by Crippen LogP contribution is 2.42. The van der Waals surface area contributed by atoms with Gasteiger partial charge in [0.05, 0.1) is 18.2 Å². The molecule has 5 nitrogen and oxygen atoms in total. The molecular weight excluding hydrogens is 340 g/mol. The Morgan fingerprint density at radius 3 is 2.37 bits per heavy atom. The van der Waals surface area contributed by atoms with Crippen LogP contribution < -0.4 is 5.32 Å². The van der Waals surface area contributed by atoms with Crippen molar-refractivity contribution in [2.75, 3.05) is 12.4 Å². The lowest BCUT2D eigenvalue weighted by atomic mass is 9.78. The van der Waals surface area contributed by atoms with E-state index in [1.165, 1.54) is 7.11 Å². The molecule has 2 N–H and O–H groups in total. The summed E-state index contributed by atoms with van der Waals surface area (Å²) >= 11 is 0. The molecule has 1 fully saturated rings. The second-order valence-corrected chi connectivity index (χ2v) is 7.02. The largest absolute Gasteiger partial charge is 0.464 e. The quantitative estimate of drug-likeness (QED) is 0.676. The zero-order valence-electron chi connectivity index (χ0n) is 15.2. The van der Waals surface area contributed by atoms with Gasteiger partial charge in [-0.05, 0) is 24.5 Å². The molecular formula is C22H22N2O3. The summed E-state index contributed by atoms with van der Waals surface area (Å²) < 4.78 is 4.90. The molecule has 1 saturated carbocycles. The lowest BCUT2D eigenvalue weighted by Crippen LogP contribution is -2.38. The molecule has 4 rings (SSSR count). The predicted molar refractivity (Wildman–Crippen MR) is 105 cm³/mol. The van der Waals surface area contributed by atoms with E-state index in [9.17, 15) is 9.59 Å². The van der Waals surface area contributed by atoms with Gasteiger partial charge in [-0.25, -0.2) is 4.79 Å². The fourth-order valence-electron chi connectivity index (χ4n) is 4.14. The van der Waals surface area contributed by atoms with Gasteiger partial charge in [-0.15, -0.1) is 0 Å². The summed E-state index contributed by atoms with van der Waals surface area (Å²) in [5, 5.41) is 3.86. The third-order valence-electron chi connectivity index (χ3n) is 5.55. The highest BCUT2D eigenvalue weighted by atomic mass is 16.5. The van der Waals surface area contributed by atoms with E-state index in [0.29, 0.717) is 5.69 Å². The molecule has 1 aliphatic rings. The van der Waals surface area contributed by atoms with Crippen LogP contribution in [0.3, 0.4) is 0 Å². The number of hydrogen-bond donors (Lipinski definition) is 2. The Kier molecular flexibility index (Phi) is 4.44. The molecule has 0 aliphatic heterocycles. The molecule has 0 bridgehead atoms. The van der Waals surface area contributed by atoms with Gasteiger partial charge in [0, 0.05) is 10.9 Å². The molecule has 0 atom stereocenters. The lowest BCUT2D eigenvalue weighted by Gasteiger charge is -2.28. The molecule has 1 heterocycles. The van der Waals surface area contributed by atoms with Crippen molar-refractivity contribution in [1.29, 1.82) is 0 Å². The van der Waals surface area contributed by atoms with E-state index in [0.717, 1.165) is 42.1 Å². The molecule has 5 heteroatoms. The van der Waals surface area contributed by atoms with E-state index in [2.05, 4.69) is 10.3 Å². The Morgan fingerprint density at radius 1 is 1.00 bits per heavy atom. The number of amides is 1. The highest BCUT2D eigenvalue weighted by Gasteiger charge is 2.43. The third kappa shape index (κ3) is 2.89. The van der Waals surface area contributed by atoms with Crippen molar-refractivity contribution in [3.8, 4) is 0 Å². The minimum Gasteiger partial charge on any atom is -0.464 e. The number of esters is 1. The number of H-pyrrole nitrogens is 1. The van der Waals surface area contributed by atoms with E-state index in [4.69, 9.17) is 4.74 Å². The normalized spacial score (nSPS) is 15.6. The third-order valence-corrected chi connectivity index (χ3v) is 5.55. The second kappa shape index (κ2) is 6.91. The van der Waals surface area contributed by atoms with Gasteiger partial charge in [-0.3, -0.25) is 4.79 Å². The number of carbonyl (C=O) groups excluding carboxylic acids is 2. The SMILES string of the molecule is COC(=O)c1[nH]c2ccccc2c1NC(=O)C1(c2ccccc2)CCCC1. The van der Waals surface area contributed by atoms with Crippen molar-refractivity contribution in [3.63, 3.8) is 0 Å². The van der Waals surface area contributed by atoms with Crippen molar-refractivity contribution in [1.82, 2.24) is 4.98 Å². The van der Waals surface area contributed by atoms with Crippen molar-refractivity contribution < 1.29 is 14.3 Å². The van der Waals surface area contributed by atoms with Gasteiger partial charge in [0.25, 0.3) is 0 Å². The predicted octanol–water partition coefficient (Wildman–Crippen LogP) is 4.41. The highest BCUT2D eigenvalue weighted by molar-refractivity contribution is 6.12. The van der Waals surface area contributed by atoms with Gasteiger partial charge in [0.15, 0.2) is 0 Å². The number of hydrogen-bond acceptors (Lipinski definition) is 3. The molecule has 27 heavy (non-hydrogen) atoms. The standard InChI is InChI=1S/C22H22N2O3/c1-27-20(25)19-18(16-11-5-6-12-17(16)23-19)24-21(26)22(13-7-8-14-22)15-9-3-2-4-10-15/h2-6,9-12,23H,7-8,13-14H2,1H3,(H,24,26). The van der Waals surface area contributed by atoms with Crippen molar-refractivity contribution in [3.05, 3.63) is 65.9 Å². The Labute approximate surface area is 157 Å². The lowest BCUT2D eigenvalue weighted by molar-refractivity contribution is -0.121. The van der Waals surface area contributed by atoms with Gasteiger partial charge < -0.3 is 15.0 Å². The van der Waals surface area contributed by atoms with E-state index < -0.39 is 11.4 Å². The van der Waals surface area contributed by atoms with Gasteiger partial charge in [0.2, 0.25) is 5.91 Å². The zero-order chi connectivity index (χ0) is 18.9. The molecule has 0 saturated heterocycles. The van der Waals surface area contributed by atoms with Gasteiger partial charge >= 0.3 is 5.97 Å². The van der Waals surface area contributed by atoms with Crippen LogP contribution >= 0.6 is 0 Å². The first-order valence-corrected chi connectivity index (χ1v) is 9.22. The molecule has 0 spiro atoms. The molecule has 138 valence electrons. The average Bonchev–Trinajstić information content (AvgIpc) is 3.34. The number of nitrogens with one attached hydrogen (secondary N) is 2. The van der Waals surface area contributed by atoms with E-state index in [1.807, 2.05) is 54.6 Å². The van der Waals surface area contributed by atoms with E-state index >= 15 is 0 Å². The van der Waals surface area contributed by atoms with Gasteiger partial charge in [0.1, 0.15) is 5.69 Å². The number of benzene rings is 2. The fraction of sp³-hybridized carbons (Fsp3) is 0.273. The van der Waals surface area contributed by atoms with E-state index in [1.54, 1.807) is 0 Å². The topological polar surface area (TPSA) is 71.2 Å². The molecule has 1 aromatic heterocycles. The minimum absolute atomic E-state index is 0.0684. The number of methoxy groups -OCH3 is 1. The van der Waals surface area contributed by atoms with Crippen LogP contribution in [-0.2, 0) is 14.9 Å². The molecule has 0 radical (unpaired) electrons. The zero-order valence-corrected chi connectivity index (χ0v) is 15.2. The minimum atomic E-state index is -0.562. The first kappa shape index (κ1) is 17.3. The Balaban J connectivity index is 1.77. The van der Waals surface area contributed by atoms with Crippen LogP contribution in [0.15, 0.2) is 54.6 Å². The van der Waals surface area contributed by atoms with Crippen LogP contribution in [0.1, 0.15) is 41.7 Å². The summed E-state index contributed by atoms with van der Waals surface area (Å²) in [4.78, 5) is 28.8. The van der Waals surface area contributed by atoms with Crippen LogP contribution in [0.5, 0.6) is 0 Å². The number of carbonyl (C=O) groups is 2. The van der Waals surface area contributed by atoms with Crippen LogP contribution in [-0.4, -0.2) is 24.0 Å². The van der Waals surface area contributed by atoms with Crippen LogP contribution in [0, 0.1) is 0 Å². The van der Waals surface area contributed by atoms with Gasteiger partial charge in [-0.2, -0.15) is 0 Å². The van der Waals surface area contributed by atoms with Crippen LogP contribution in [0.2, 0.25) is 0 Å². The van der Waals surface area contributed by atoms with Crippen molar-refractivity contribution in [2.45, 2.75) is 31.1 Å². The molecule has 1 amide bonds. The van der Waals surface area contributed by atoms with Crippen molar-refractivity contribution in [2.24, 2.45) is 0 Å². The number of aromatic nitrogens is 1. The Bertz CT molecular complexity index is 985. The Hall–Kier alpha value is -3.08. The first-order valence-electron chi connectivity index (χ1n) is 9.22. The summed E-state index contributed by atoms with van der Waals surface area (Å²) in [5.41, 5.74) is 2.01. The maximum absolute atomic E-state index is 13.5. The summed E-state index contributed by atoms with van der Waals surface area (Å²) in [6.07, 6.45) is 3.64. The molecule has 3 aromatic rings. The smallest absolute Gasteiger partial charge is 0.356 e. The molecule has 0 unspecified atom stereocenters. The molecule has 1 aliphatic carbocycles. The summed E-state index contributed by atoms with van der Waals surface area (Å²) in [6.45, 7) is 0. The summed E-state index contributed by atoms with van der Waals surface area (Å²) in [6, 6.07) is 17.4. The second-order valence-electron chi connectivity index (χ2n) is 7.02. The number of rotatable bonds is 4. The summed E-state index contributed by atoms with van der Waals surface area (Å²) in [7, 11) is 1.34. The fourth-order valence-corrected chi connectivity index (χ4v) is 4.14. The monoisotopic (exact) mass is 362 g/mol. The summed E-state index contributed by atoms with van der Waals surface area (Å²) in [5.74, 6) is -0.567. The first-order chi connectivity index (χ1) is 13.2. The van der Waals surface area contributed by atoms with Crippen LogP contribution in [0.4, 0.5) is 5.69 Å². The number of anilines is 1. The van der Waals surface area contributed by atoms with Crippen LogP contribution in [0.25, 0.3) is 10.9 Å². The Morgan fingerprint density at radius 2 is 1.67 bits per heavy atom. The number of aromatic amines is 1. The van der Waals surface area contributed by atoms with Crippen molar-refractivity contribution >= 4 is 28.5 Å². The maximum atomic E-state index is 13.5. The average molecular weight is 362 g/mol. The number of fused-ring (bicyclic) bond motifs is 1. The maximum Gasteiger partial charge on any atom is 0.356 e. The molecule has 2 aromatic carbocycles. The van der Waals surface area contributed by atoms with E-state index in [-0.39, 0.29) is 11.6 Å². The van der Waals surface area contributed by atoms with Gasteiger partial charge in [-0.1, -0.05) is 61.4 Å². The number of ether oxygens (including phenoxy) is 1. The number of para-hydroxylation sites is 1.